The van der Waals surface area contributed by atoms with Crippen LogP contribution in [0.15, 0.2) is 18.2 Å². The predicted molar refractivity (Wildman–Crippen MR) is 80.2 cm³/mol. The van der Waals surface area contributed by atoms with Crippen LogP contribution < -0.4 is 4.74 Å². The van der Waals surface area contributed by atoms with Gasteiger partial charge in [0.25, 0.3) is 0 Å². The topological polar surface area (TPSA) is 18.5 Å². The molecule has 2 fully saturated rings. The molecule has 0 radical (unpaired) electrons. The van der Waals surface area contributed by atoms with Crippen molar-refractivity contribution in [2.75, 3.05) is 18.1 Å². The summed E-state index contributed by atoms with van der Waals surface area (Å²) in [4.78, 5) is 0. The van der Waals surface area contributed by atoms with Crippen molar-refractivity contribution in [1.29, 1.82) is 0 Å². The first-order valence-electron chi connectivity index (χ1n) is 7.13. The van der Waals surface area contributed by atoms with Crippen LogP contribution in [0.25, 0.3) is 0 Å². The SMILES string of the molecule is Cc1ccc(C)c(OC2CCOC3(CCSC3)C2)c1. The number of benzene rings is 1. The van der Waals surface area contributed by atoms with E-state index in [9.17, 15) is 0 Å². The Kier molecular flexibility index (Phi) is 3.77. The minimum atomic E-state index is 0.102. The fourth-order valence-corrected chi connectivity index (χ4v) is 4.34. The second-order valence-electron chi connectivity index (χ2n) is 5.84. The summed E-state index contributed by atoms with van der Waals surface area (Å²) in [6.07, 6.45) is 3.56. The molecule has 1 aromatic carbocycles. The van der Waals surface area contributed by atoms with Crippen LogP contribution in [0.5, 0.6) is 5.75 Å². The van der Waals surface area contributed by atoms with Crippen molar-refractivity contribution in [3.8, 4) is 5.75 Å². The van der Waals surface area contributed by atoms with Crippen molar-refractivity contribution in [1.82, 2.24) is 0 Å². The Morgan fingerprint density at radius 1 is 1.37 bits per heavy atom. The van der Waals surface area contributed by atoms with Crippen LogP contribution in [0.4, 0.5) is 0 Å². The molecule has 2 heterocycles. The third-order valence-electron chi connectivity index (χ3n) is 4.15. The van der Waals surface area contributed by atoms with E-state index in [0.717, 1.165) is 31.0 Å². The lowest BCUT2D eigenvalue weighted by Crippen LogP contribution is -2.43. The monoisotopic (exact) mass is 278 g/mol. The largest absolute Gasteiger partial charge is 0.490 e. The summed E-state index contributed by atoms with van der Waals surface area (Å²) in [5, 5.41) is 0. The molecule has 2 nitrogen and oxygen atoms in total. The highest BCUT2D eigenvalue weighted by molar-refractivity contribution is 7.99. The molecule has 2 unspecified atom stereocenters. The maximum atomic E-state index is 6.26. The fraction of sp³-hybridized carbons (Fsp3) is 0.625. The van der Waals surface area contributed by atoms with E-state index in [-0.39, 0.29) is 5.60 Å². The smallest absolute Gasteiger partial charge is 0.122 e. The Bertz CT molecular complexity index is 452. The first-order valence-corrected chi connectivity index (χ1v) is 8.28. The van der Waals surface area contributed by atoms with Crippen molar-refractivity contribution in [2.45, 2.75) is 44.8 Å². The molecule has 0 aromatic heterocycles. The predicted octanol–water partition coefficient (Wildman–Crippen LogP) is 3.74. The molecule has 2 saturated heterocycles. The van der Waals surface area contributed by atoms with Crippen LogP contribution in [0.3, 0.4) is 0 Å². The Hall–Kier alpha value is -0.670. The van der Waals surface area contributed by atoms with Gasteiger partial charge in [-0.15, -0.1) is 0 Å². The van der Waals surface area contributed by atoms with E-state index in [2.05, 4.69) is 32.0 Å². The third-order valence-corrected chi connectivity index (χ3v) is 5.38. The van der Waals surface area contributed by atoms with Gasteiger partial charge in [-0.2, -0.15) is 11.8 Å². The van der Waals surface area contributed by atoms with Gasteiger partial charge in [0.15, 0.2) is 0 Å². The Balaban J connectivity index is 1.70. The second-order valence-corrected chi connectivity index (χ2v) is 6.94. The van der Waals surface area contributed by atoms with Crippen molar-refractivity contribution < 1.29 is 9.47 Å². The Morgan fingerprint density at radius 2 is 2.26 bits per heavy atom. The van der Waals surface area contributed by atoms with Crippen LogP contribution in [-0.2, 0) is 4.74 Å². The van der Waals surface area contributed by atoms with Gasteiger partial charge in [-0.3, -0.25) is 0 Å². The summed E-state index contributed by atoms with van der Waals surface area (Å²) in [5.41, 5.74) is 2.59. The molecular weight excluding hydrogens is 256 g/mol. The molecule has 0 aliphatic carbocycles. The zero-order valence-corrected chi connectivity index (χ0v) is 12.6. The number of hydrogen-bond acceptors (Lipinski definition) is 3. The van der Waals surface area contributed by atoms with E-state index < -0.39 is 0 Å². The maximum absolute atomic E-state index is 6.26. The molecule has 2 aliphatic rings. The second kappa shape index (κ2) is 5.37. The Labute approximate surface area is 119 Å². The third kappa shape index (κ3) is 2.92. The van der Waals surface area contributed by atoms with E-state index in [4.69, 9.17) is 9.47 Å². The molecule has 0 amide bonds. The van der Waals surface area contributed by atoms with Gasteiger partial charge in [0.2, 0.25) is 0 Å². The minimum absolute atomic E-state index is 0.102. The lowest BCUT2D eigenvalue weighted by molar-refractivity contribution is -0.0959. The highest BCUT2D eigenvalue weighted by Crippen LogP contribution is 2.39. The number of ether oxygens (including phenoxy) is 2. The lowest BCUT2D eigenvalue weighted by atomic mass is 9.91. The van der Waals surface area contributed by atoms with Crippen LogP contribution >= 0.6 is 11.8 Å². The van der Waals surface area contributed by atoms with Gasteiger partial charge in [0.05, 0.1) is 12.2 Å². The number of rotatable bonds is 2. The van der Waals surface area contributed by atoms with Gasteiger partial charge in [0.1, 0.15) is 11.9 Å². The van der Waals surface area contributed by atoms with Crippen LogP contribution in [0.2, 0.25) is 0 Å². The number of thioether (sulfide) groups is 1. The van der Waals surface area contributed by atoms with Gasteiger partial charge in [0, 0.05) is 18.6 Å². The molecule has 1 spiro atoms. The van der Waals surface area contributed by atoms with Gasteiger partial charge in [-0.25, -0.2) is 0 Å². The molecule has 3 heteroatoms. The summed E-state index contributed by atoms with van der Waals surface area (Å²) in [7, 11) is 0. The highest BCUT2D eigenvalue weighted by Gasteiger charge is 2.41. The minimum Gasteiger partial charge on any atom is -0.490 e. The molecule has 19 heavy (non-hydrogen) atoms. The molecule has 1 aromatic rings. The molecule has 0 N–H and O–H groups in total. The van der Waals surface area contributed by atoms with Crippen LogP contribution in [0, 0.1) is 13.8 Å². The molecule has 104 valence electrons. The number of aryl methyl sites for hydroxylation is 2. The van der Waals surface area contributed by atoms with Gasteiger partial charge < -0.3 is 9.47 Å². The zero-order valence-electron chi connectivity index (χ0n) is 11.8. The molecule has 0 saturated carbocycles. The first-order chi connectivity index (χ1) is 9.17. The maximum Gasteiger partial charge on any atom is 0.122 e. The van der Waals surface area contributed by atoms with Gasteiger partial charge in [-0.05, 0) is 43.2 Å². The van der Waals surface area contributed by atoms with E-state index in [1.807, 2.05) is 11.8 Å². The lowest BCUT2D eigenvalue weighted by Gasteiger charge is -2.37. The van der Waals surface area contributed by atoms with Crippen molar-refractivity contribution >= 4 is 11.8 Å². The van der Waals surface area contributed by atoms with Crippen LogP contribution in [0.1, 0.15) is 30.4 Å². The van der Waals surface area contributed by atoms with E-state index in [1.54, 1.807) is 0 Å². The van der Waals surface area contributed by atoms with Crippen molar-refractivity contribution in [3.63, 3.8) is 0 Å². The average molecular weight is 278 g/mol. The molecule has 3 rings (SSSR count). The van der Waals surface area contributed by atoms with Crippen LogP contribution in [-0.4, -0.2) is 29.8 Å². The van der Waals surface area contributed by atoms with E-state index >= 15 is 0 Å². The summed E-state index contributed by atoms with van der Waals surface area (Å²) >= 11 is 2.01. The average Bonchev–Trinajstić information content (AvgIpc) is 2.82. The van der Waals surface area contributed by atoms with Gasteiger partial charge >= 0.3 is 0 Å². The summed E-state index contributed by atoms with van der Waals surface area (Å²) in [5.74, 6) is 3.42. The number of hydrogen-bond donors (Lipinski definition) is 0. The zero-order chi connectivity index (χ0) is 13.3. The summed E-state index contributed by atoms with van der Waals surface area (Å²) in [6, 6.07) is 6.44. The summed E-state index contributed by atoms with van der Waals surface area (Å²) in [6.45, 7) is 5.08. The van der Waals surface area contributed by atoms with E-state index in [1.165, 1.54) is 23.3 Å². The van der Waals surface area contributed by atoms with Crippen molar-refractivity contribution in [2.24, 2.45) is 0 Å². The molecule has 2 atom stereocenters. The van der Waals surface area contributed by atoms with E-state index in [0.29, 0.717) is 6.10 Å². The quantitative estimate of drug-likeness (QED) is 0.821. The Morgan fingerprint density at radius 3 is 3.05 bits per heavy atom. The molecular formula is C16H22O2S. The normalized spacial score (nSPS) is 30.7. The fourth-order valence-electron chi connectivity index (χ4n) is 2.96. The molecule has 0 bridgehead atoms. The first kappa shape index (κ1) is 13.3. The molecule has 2 aliphatic heterocycles. The summed E-state index contributed by atoms with van der Waals surface area (Å²) < 4.78 is 12.3. The van der Waals surface area contributed by atoms with Gasteiger partial charge in [-0.1, -0.05) is 12.1 Å². The van der Waals surface area contributed by atoms with Crippen molar-refractivity contribution in [3.05, 3.63) is 29.3 Å². The standard InChI is InChI=1S/C16H22O2S/c1-12-3-4-13(2)15(9-12)18-14-5-7-17-16(10-14)6-8-19-11-16/h3-4,9,14H,5-8,10-11H2,1-2H3. The highest BCUT2D eigenvalue weighted by atomic mass is 32.2.